The zero-order valence-electron chi connectivity index (χ0n) is 10.8. The van der Waals surface area contributed by atoms with E-state index >= 15 is 0 Å². The molecule has 0 aromatic rings. The smallest absolute Gasteiger partial charge is 0.00389 e. The van der Waals surface area contributed by atoms with Gasteiger partial charge in [-0.2, -0.15) is 0 Å². The van der Waals surface area contributed by atoms with E-state index in [-0.39, 0.29) is 0 Å². The van der Waals surface area contributed by atoms with Crippen molar-refractivity contribution in [3.8, 4) is 0 Å². The normalized spacial score (nSPS) is 27.5. The average Bonchev–Trinajstić information content (AvgIpc) is 2.49. The van der Waals surface area contributed by atoms with Crippen LogP contribution in [0.2, 0.25) is 0 Å². The van der Waals surface area contributed by atoms with Crippen molar-refractivity contribution in [2.75, 3.05) is 0 Å². The van der Waals surface area contributed by atoms with Crippen LogP contribution < -0.4 is 5.73 Å². The summed E-state index contributed by atoms with van der Waals surface area (Å²) < 4.78 is 0. The van der Waals surface area contributed by atoms with Gasteiger partial charge in [-0.05, 0) is 38.0 Å². The first-order chi connectivity index (χ1) is 7.76. The zero-order valence-corrected chi connectivity index (χ0v) is 10.8. The van der Waals surface area contributed by atoms with Gasteiger partial charge in [0.2, 0.25) is 0 Å². The average molecular weight is 221 g/mol. The number of hydrogen-bond acceptors (Lipinski definition) is 1. The van der Waals surface area contributed by atoms with Gasteiger partial charge < -0.3 is 5.73 Å². The maximum absolute atomic E-state index is 6.01. The molecule has 0 heterocycles. The Bertz CT molecular complexity index is 230. The van der Waals surface area contributed by atoms with Crippen LogP contribution in [0.1, 0.15) is 58.3 Å². The molecule has 1 aliphatic rings. The van der Waals surface area contributed by atoms with Gasteiger partial charge >= 0.3 is 0 Å². The molecule has 0 bridgehead atoms. The van der Waals surface area contributed by atoms with Crippen LogP contribution in [-0.2, 0) is 0 Å². The molecular weight excluding hydrogens is 194 g/mol. The number of unbranched alkanes of at least 4 members (excludes halogenated alkanes) is 1. The molecule has 16 heavy (non-hydrogen) atoms. The molecule has 0 spiro atoms. The summed E-state index contributed by atoms with van der Waals surface area (Å²) in [5, 5.41) is 0. The molecule has 1 nitrogen and oxygen atoms in total. The molecule has 0 aromatic heterocycles. The summed E-state index contributed by atoms with van der Waals surface area (Å²) in [6.45, 7) is 6.15. The molecule has 0 amide bonds. The zero-order chi connectivity index (χ0) is 11.8. The summed E-state index contributed by atoms with van der Waals surface area (Å²) in [7, 11) is 0. The van der Waals surface area contributed by atoms with Crippen LogP contribution >= 0.6 is 0 Å². The van der Waals surface area contributed by atoms with Gasteiger partial charge in [-0.3, -0.25) is 0 Å². The SMILES string of the molecule is C=C/C(=C\CCC)CC1CCCC(N)CC1. The number of nitrogens with two attached hydrogens (primary N) is 1. The fourth-order valence-electron chi connectivity index (χ4n) is 2.52. The van der Waals surface area contributed by atoms with Crippen molar-refractivity contribution in [3.63, 3.8) is 0 Å². The highest BCUT2D eigenvalue weighted by molar-refractivity contribution is 5.16. The minimum absolute atomic E-state index is 0.455. The highest BCUT2D eigenvalue weighted by Gasteiger charge is 2.16. The van der Waals surface area contributed by atoms with E-state index in [2.05, 4.69) is 19.6 Å². The Balaban J connectivity index is 2.41. The molecule has 0 saturated heterocycles. The van der Waals surface area contributed by atoms with Crippen molar-refractivity contribution in [2.24, 2.45) is 11.7 Å². The molecule has 0 radical (unpaired) electrons. The first-order valence-corrected chi connectivity index (χ1v) is 6.83. The van der Waals surface area contributed by atoms with Crippen LogP contribution in [0.5, 0.6) is 0 Å². The summed E-state index contributed by atoms with van der Waals surface area (Å²) in [5.74, 6) is 0.842. The third-order valence-corrected chi connectivity index (χ3v) is 3.61. The third-order valence-electron chi connectivity index (χ3n) is 3.61. The minimum Gasteiger partial charge on any atom is -0.328 e. The lowest BCUT2D eigenvalue weighted by molar-refractivity contribution is 0.455. The molecule has 1 rings (SSSR count). The van der Waals surface area contributed by atoms with E-state index in [9.17, 15) is 0 Å². The Morgan fingerprint density at radius 2 is 2.12 bits per heavy atom. The second-order valence-corrected chi connectivity index (χ2v) is 5.11. The molecule has 2 N–H and O–H groups in total. The van der Waals surface area contributed by atoms with Crippen LogP contribution in [0.25, 0.3) is 0 Å². The Kier molecular flexibility index (Phi) is 6.47. The van der Waals surface area contributed by atoms with Gasteiger partial charge in [-0.15, -0.1) is 0 Å². The summed E-state index contributed by atoms with van der Waals surface area (Å²) in [4.78, 5) is 0. The molecule has 1 saturated carbocycles. The van der Waals surface area contributed by atoms with Crippen LogP contribution in [0.15, 0.2) is 24.3 Å². The van der Waals surface area contributed by atoms with Crippen LogP contribution in [0, 0.1) is 5.92 Å². The lowest BCUT2D eigenvalue weighted by atomic mass is 9.92. The summed E-state index contributed by atoms with van der Waals surface area (Å²) >= 11 is 0. The van der Waals surface area contributed by atoms with Crippen molar-refractivity contribution in [3.05, 3.63) is 24.3 Å². The molecule has 1 aliphatic carbocycles. The summed E-state index contributed by atoms with van der Waals surface area (Å²) in [5.41, 5.74) is 7.45. The molecule has 2 unspecified atom stereocenters. The maximum Gasteiger partial charge on any atom is 0.00389 e. The van der Waals surface area contributed by atoms with Gasteiger partial charge in [0.15, 0.2) is 0 Å². The summed E-state index contributed by atoms with van der Waals surface area (Å²) in [6, 6.07) is 0.455. The van der Waals surface area contributed by atoms with Gasteiger partial charge in [0, 0.05) is 6.04 Å². The highest BCUT2D eigenvalue weighted by atomic mass is 14.6. The van der Waals surface area contributed by atoms with Gasteiger partial charge in [0.25, 0.3) is 0 Å². The Labute approximate surface area is 101 Å². The molecule has 0 aliphatic heterocycles. The van der Waals surface area contributed by atoms with Gasteiger partial charge in [0.05, 0.1) is 0 Å². The van der Waals surface area contributed by atoms with Crippen molar-refractivity contribution in [1.29, 1.82) is 0 Å². The van der Waals surface area contributed by atoms with E-state index in [1.165, 1.54) is 56.9 Å². The Hall–Kier alpha value is -0.560. The second kappa shape index (κ2) is 7.67. The molecule has 1 fully saturated rings. The molecule has 0 aromatic carbocycles. The topological polar surface area (TPSA) is 26.0 Å². The fraction of sp³-hybridized carbons (Fsp3) is 0.733. The van der Waals surface area contributed by atoms with E-state index in [0.29, 0.717) is 6.04 Å². The highest BCUT2D eigenvalue weighted by Crippen LogP contribution is 2.28. The third kappa shape index (κ3) is 4.98. The lowest BCUT2D eigenvalue weighted by Crippen LogP contribution is -2.18. The number of hydrogen-bond donors (Lipinski definition) is 1. The lowest BCUT2D eigenvalue weighted by Gasteiger charge is -2.14. The van der Waals surface area contributed by atoms with E-state index in [1.54, 1.807) is 0 Å². The van der Waals surface area contributed by atoms with E-state index < -0.39 is 0 Å². The van der Waals surface area contributed by atoms with Gasteiger partial charge in [-0.25, -0.2) is 0 Å². The monoisotopic (exact) mass is 221 g/mol. The maximum atomic E-state index is 6.01. The number of allylic oxidation sites excluding steroid dienone is 3. The van der Waals surface area contributed by atoms with Crippen molar-refractivity contribution >= 4 is 0 Å². The Morgan fingerprint density at radius 3 is 2.81 bits per heavy atom. The molecular formula is C15H27N. The Morgan fingerprint density at radius 1 is 1.31 bits per heavy atom. The van der Waals surface area contributed by atoms with Crippen molar-refractivity contribution < 1.29 is 0 Å². The van der Waals surface area contributed by atoms with Gasteiger partial charge in [-0.1, -0.05) is 50.5 Å². The van der Waals surface area contributed by atoms with E-state index in [1.807, 2.05) is 6.08 Å². The number of rotatable bonds is 5. The van der Waals surface area contributed by atoms with Crippen molar-refractivity contribution in [1.82, 2.24) is 0 Å². The first kappa shape index (κ1) is 13.5. The van der Waals surface area contributed by atoms with Crippen LogP contribution in [0.3, 0.4) is 0 Å². The second-order valence-electron chi connectivity index (χ2n) is 5.11. The fourth-order valence-corrected chi connectivity index (χ4v) is 2.52. The van der Waals surface area contributed by atoms with E-state index in [4.69, 9.17) is 5.73 Å². The predicted molar refractivity (Wildman–Crippen MR) is 72.4 cm³/mol. The predicted octanol–water partition coefficient (Wildman–Crippen LogP) is 4.20. The minimum atomic E-state index is 0.455. The van der Waals surface area contributed by atoms with Crippen molar-refractivity contribution in [2.45, 2.75) is 64.3 Å². The quantitative estimate of drug-likeness (QED) is 0.546. The van der Waals surface area contributed by atoms with Crippen LogP contribution in [-0.4, -0.2) is 6.04 Å². The van der Waals surface area contributed by atoms with E-state index in [0.717, 1.165) is 5.92 Å². The molecule has 92 valence electrons. The molecule has 1 heteroatoms. The van der Waals surface area contributed by atoms with Gasteiger partial charge in [0.1, 0.15) is 0 Å². The molecule has 2 atom stereocenters. The largest absolute Gasteiger partial charge is 0.328 e. The van der Waals surface area contributed by atoms with Crippen LogP contribution in [0.4, 0.5) is 0 Å². The first-order valence-electron chi connectivity index (χ1n) is 6.83. The summed E-state index contributed by atoms with van der Waals surface area (Å²) in [6.07, 6.45) is 14.4. The standard InChI is InChI=1S/C15H27N/c1-3-5-7-13(4-2)12-14-8-6-9-15(16)11-10-14/h4,7,14-15H,2-3,5-6,8-12,16H2,1H3/b13-7+.